The van der Waals surface area contributed by atoms with Crippen LogP contribution in [0.25, 0.3) is 5.76 Å². The normalized spacial score (nSPS) is 23.5. The van der Waals surface area contributed by atoms with Crippen LogP contribution in [0.4, 0.5) is 0 Å². The van der Waals surface area contributed by atoms with Gasteiger partial charge in [0.05, 0.1) is 11.8 Å². The molecule has 6 nitrogen and oxygen atoms in total. The maximum absolute atomic E-state index is 12.7. The summed E-state index contributed by atoms with van der Waals surface area (Å²) in [5.41, 5.74) is 0.536. The number of likely N-dealkylation sites (tertiary alicyclic amines) is 1. The number of Topliss-reactive ketones (excluding diaryl/α,β-unsaturated/α-hetero) is 1. The highest BCUT2D eigenvalue weighted by atomic mass is 16.3. The van der Waals surface area contributed by atoms with Crippen molar-refractivity contribution in [1.29, 1.82) is 0 Å². The molecule has 0 bridgehead atoms. The third-order valence-corrected chi connectivity index (χ3v) is 4.96. The van der Waals surface area contributed by atoms with Gasteiger partial charge in [0, 0.05) is 24.0 Å². The van der Waals surface area contributed by atoms with Crippen LogP contribution < -0.4 is 0 Å². The van der Waals surface area contributed by atoms with Gasteiger partial charge in [-0.3, -0.25) is 14.6 Å². The van der Waals surface area contributed by atoms with Crippen molar-refractivity contribution >= 4 is 17.4 Å². The molecule has 1 aliphatic carbocycles. The van der Waals surface area contributed by atoms with Gasteiger partial charge in [0.25, 0.3) is 11.7 Å². The smallest absolute Gasteiger partial charge is 0.296 e. The lowest BCUT2D eigenvalue weighted by Crippen LogP contribution is -2.37. The number of pyridine rings is 1. The van der Waals surface area contributed by atoms with Crippen LogP contribution in [0, 0.1) is 0 Å². The summed E-state index contributed by atoms with van der Waals surface area (Å²) < 4.78 is 5.52. The number of carbonyl (C=O) groups excluding carboxylic acids is 2. The molecule has 0 spiro atoms. The number of hydrogen-bond donors (Lipinski definition) is 1. The van der Waals surface area contributed by atoms with Crippen LogP contribution in [0.2, 0.25) is 0 Å². The Labute approximate surface area is 144 Å². The first-order valence-electron chi connectivity index (χ1n) is 8.42. The van der Waals surface area contributed by atoms with Gasteiger partial charge in [0.15, 0.2) is 0 Å². The summed E-state index contributed by atoms with van der Waals surface area (Å²) >= 11 is 0. The molecule has 1 saturated heterocycles. The molecular weight excluding hydrogens is 320 g/mol. The van der Waals surface area contributed by atoms with E-state index >= 15 is 0 Å². The Bertz CT molecular complexity index is 820. The number of hydrogen-bond acceptors (Lipinski definition) is 5. The van der Waals surface area contributed by atoms with Crippen LogP contribution >= 0.6 is 0 Å². The predicted octanol–water partition coefficient (Wildman–Crippen LogP) is 3.04. The zero-order valence-electron chi connectivity index (χ0n) is 13.6. The molecule has 1 amide bonds. The quantitative estimate of drug-likeness (QED) is 0.528. The topological polar surface area (TPSA) is 83.6 Å². The number of aliphatic hydroxyl groups excluding tert-OH is 1. The molecule has 2 aromatic heterocycles. The lowest BCUT2D eigenvalue weighted by molar-refractivity contribution is -0.141. The average molecular weight is 338 g/mol. The summed E-state index contributed by atoms with van der Waals surface area (Å²) in [7, 11) is 0. The summed E-state index contributed by atoms with van der Waals surface area (Å²) in [4.78, 5) is 31.0. The zero-order chi connectivity index (χ0) is 17.4. The van der Waals surface area contributed by atoms with E-state index in [0.29, 0.717) is 11.3 Å². The van der Waals surface area contributed by atoms with E-state index in [1.165, 1.54) is 18.7 Å². The fourth-order valence-corrected chi connectivity index (χ4v) is 3.80. The minimum atomic E-state index is -0.689. The fraction of sp³-hybridized carbons (Fsp3) is 0.316. The van der Waals surface area contributed by atoms with Crippen molar-refractivity contribution in [1.82, 2.24) is 9.88 Å². The summed E-state index contributed by atoms with van der Waals surface area (Å²) in [6.45, 7) is 0. The van der Waals surface area contributed by atoms with Crippen molar-refractivity contribution in [2.24, 2.45) is 0 Å². The summed E-state index contributed by atoms with van der Waals surface area (Å²) in [5, 5.41) is 10.7. The number of aliphatic hydroxyl groups is 1. The molecule has 2 aromatic rings. The molecule has 2 aliphatic rings. The molecule has 0 aromatic carbocycles. The van der Waals surface area contributed by atoms with Gasteiger partial charge in [0.2, 0.25) is 0 Å². The van der Waals surface area contributed by atoms with Gasteiger partial charge in [-0.2, -0.15) is 0 Å². The van der Waals surface area contributed by atoms with Crippen molar-refractivity contribution in [3.05, 3.63) is 59.8 Å². The summed E-state index contributed by atoms with van der Waals surface area (Å²) in [6, 6.07) is 5.98. The van der Waals surface area contributed by atoms with Gasteiger partial charge in [0.1, 0.15) is 17.6 Å². The van der Waals surface area contributed by atoms with Gasteiger partial charge in [-0.25, -0.2) is 0 Å². The summed E-state index contributed by atoms with van der Waals surface area (Å²) in [6.07, 6.45) is 8.36. The Morgan fingerprint density at radius 3 is 2.52 bits per heavy atom. The first-order valence-corrected chi connectivity index (χ1v) is 8.42. The first kappa shape index (κ1) is 15.6. The van der Waals surface area contributed by atoms with Crippen LogP contribution in [0.1, 0.15) is 43.0 Å². The Kier molecular flexibility index (Phi) is 3.87. The van der Waals surface area contributed by atoms with E-state index in [4.69, 9.17) is 4.42 Å². The molecule has 128 valence electrons. The lowest BCUT2D eigenvalue weighted by atomic mass is 9.99. The van der Waals surface area contributed by atoms with Crippen molar-refractivity contribution in [2.75, 3.05) is 0 Å². The van der Waals surface area contributed by atoms with E-state index in [1.807, 2.05) is 0 Å². The summed E-state index contributed by atoms with van der Waals surface area (Å²) in [5.74, 6) is -0.934. The van der Waals surface area contributed by atoms with Gasteiger partial charge in [-0.1, -0.05) is 12.8 Å². The Hall–Kier alpha value is -2.89. The molecule has 2 fully saturated rings. The average Bonchev–Trinajstić information content (AvgIpc) is 3.37. The SMILES string of the molecule is O=C1C(=O)N(C2CCCC2)C(c2ccco2)/C1=C(/O)c1ccncc1. The lowest BCUT2D eigenvalue weighted by Gasteiger charge is -2.29. The fourth-order valence-electron chi connectivity index (χ4n) is 3.80. The molecule has 25 heavy (non-hydrogen) atoms. The highest BCUT2D eigenvalue weighted by Gasteiger charge is 2.50. The maximum atomic E-state index is 12.7. The van der Waals surface area contributed by atoms with Crippen LogP contribution in [0.5, 0.6) is 0 Å². The molecular formula is C19H18N2O4. The van der Waals surface area contributed by atoms with Crippen LogP contribution in [0.15, 0.2) is 52.9 Å². The number of furan rings is 1. The van der Waals surface area contributed by atoms with Crippen LogP contribution in [0.3, 0.4) is 0 Å². The third kappa shape index (κ3) is 2.54. The van der Waals surface area contributed by atoms with Crippen LogP contribution in [-0.2, 0) is 9.59 Å². The van der Waals surface area contributed by atoms with Gasteiger partial charge < -0.3 is 14.4 Å². The number of ketones is 1. The van der Waals surface area contributed by atoms with E-state index in [1.54, 1.807) is 29.2 Å². The number of carbonyl (C=O) groups is 2. The minimum absolute atomic E-state index is 0.00529. The monoisotopic (exact) mass is 338 g/mol. The molecule has 4 rings (SSSR count). The van der Waals surface area contributed by atoms with Crippen molar-refractivity contribution in [3.8, 4) is 0 Å². The van der Waals surface area contributed by atoms with E-state index < -0.39 is 17.7 Å². The number of nitrogens with zero attached hydrogens (tertiary/aromatic N) is 2. The number of amides is 1. The zero-order valence-corrected chi connectivity index (χ0v) is 13.6. The second-order valence-corrected chi connectivity index (χ2v) is 6.40. The first-order chi connectivity index (χ1) is 12.2. The largest absolute Gasteiger partial charge is 0.507 e. The molecule has 1 atom stereocenters. The van der Waals surface area contributed by atoms with Crippen LogP contribution in [-0.4, -0.2) is 32.7 Å². The van der Waals surface area contributed by atoms with Gasteiger partial charge in [-0.15, -0.1) is 0 Å². The van der Waals surface area contributed by atoms with Crippen molar-refractivity contribution < 1.29 is 19.1 Å². The Morgan fingerprint density at radius 2 is 1.88 bits per heavy atom. The highest BCUT2D eigenvalue weighted by molar-refractivity contribution is 6.46. The Morgan fingerprint density at radius 1 is 1.16 bits per heavy atom. The maximum Gasteiger partial charge on any atom is 0.296 e. The van der Waals surface area contributed by atoms with E-state index in [2.05, 4.69) is 4.98 Å². The molecule has 6 heteroatoms. The Balaban J connectivity index is 1.87. The predicted molar refractivity (Wildman–Crippen MR) is 89.3 cm³/mol. The molecule has 1 unspecified atom stereocenters. The minimum Gasteiger partial charge on any atom is -0.507 e. The third-order valence-electron chi connectivity index (χ3n) is 4.96. The molecule has 3 heterocycles. The highest BCUT2D eigenvalue weighted by Crippen LogP contribution is 2.43. The van der Waals surface area contributed by atoms with Gasteiger partial charge >= 0.3 is 0 Å². The standard InChI is InChI=1S/C19H18N2O4/c22-17(12-7-9-20-10-8-12)15-16(14-6-3-11-25-14)21(19(24)18(15)23)13-4-1-2-5-13/h3,6-11,13,16,22H,1-2,4-5H2/b17-15-. The second kappa shape index (κ2) is 6.20. The number of aromatic nitrogens is 1. The van der Waals surface area contributed by atoms with Crippen molar-refractivity contribution in [2.45, 2.75) is 37.8 Å². The molecule has 1 aliphatic heterocycles. The molecule has 1 saturated carbocycles. The number of rotatable bonds is 3. The molecule has 1 N–H and O–H groups in total. The van der Waals surface area contributed by atoms with E-state index in [0.717, 1.165) is 25.7 Å². The van der Waals surface area contributed by atoms with E-state index in [9.17, 15) is 14.7 Å². The van der Waals surface area contributed by atoms with E-state index in [-0.39, 0.29) is 17.4 Å². The molecule has 0 radical (unpaired) electrons. The second-order valence-electron chi connectivity index (χ2n) is 6.40. The van der Waals surface area contributed by atoms with Gasteiger partial charge in [-0.05, 0) is 37.1 Å². The van der Waals surface area contributed by atoms with Crippen molar-refractivity contribution in [3.63, 3.8) is 0 Å².